The highest BCUT2D eigenvalue weighted by atomic mass is 16.5. The van der Waals surface area contributed by atoms with E-state index in [-0.39, 0.29) is 13.2 Å². The largest absolute Gasteiger partial charge is 0.474 e. The third kappa shape index (κ3) is 51.3. The van der Waals surface area contributed by atoms with E-state index in [0.29, 0.717) is 6.42 Å². The predicted octanol–water partition coefficient (Wildman–Crippen LogP) is 1.14. The van der Waals surface area contributed by atoms with Gasteiger partial charge in [-0.2, -0.15) is 0 Å². The van der Waals surface area contributed by atoms with Crippen LogP contribution in [-0.2, 0) is 4.74 Å². The van der Waals surface area contributed by atoms with Crippen molar-refractivity contribution in [3.63, 3.8) is 0 Å². The first-order chi connectivity index (χ1) is 8.10. The normalized spacial score (nSPS) is 8.35. The topological polar surface area (TPSA) is 90.2 Å². The molecule has 5 nitrogen and oxygen atoms in total. The maximum absolute atomic E-state index is 8.33. The van der Waals surface area contributed by atoms with Crippen LogP contribution in [0.15, 0.2) is 25.7 Å². The number of rotatable bonds is 7. The highest BCUT2D eigenvalue weighted by Crippen LogP contribution is 1.99. The lowest BCUT2D eigenvalue weighted by atomic mass is 10.2. The minimum atomic E-state index is -1.10. The average molecular weight is 250 g/mol. The number of aliphatic hydroxyl groups excluding tert-OH is 3. The molecule has 0 spiro atoms. The van der Waals surface area contributed by atoms with Gasteiger partial charge >= 0.3 is 0 Å². The number of hydrogen-bond donors (Lipinski definition) is 4. The van der Waals surface area contributed by atoms with Crippen LogP contribution in [0.3, 0.4) is 0 Å². The molecule has 0 heterocycles. The molecule has 0 aliphatic rings. The second-order valence-electron chi connectivity index (χ2n) is 2.89. The Balaban J connectivity index is -0.000000188. The van der Waals surface area contributed by atoms with Gasteiger partial charge in [0.25, 0.3) is 0 Å². The van der Waals surface area contributed by atoms with E-state index in [4.69, 9.17) is 20.4 Å². The molecule has 104 valence electrons. The van der Waals surface area contributed by atoms with Crippen LogP contribution in [0.25, 0.3) is 0 Å². The standard InChI is InChI=1S/C6H14O2.C4H6O.C2H6O2/c1-2-3-4-5-6(7)8;1-3-5-4-2;3-1-2-4/h6-8H,2-5H2,1H3;3-4H,1-2H2;3-4H,1-2H2. The van der Waals surface area contributed by atoms with E-state index in [0.717, 1.165) is 19.3 Å². The van der Waals surface area contributed by atoms with Crippen LogP contribution in [0, 0.1) is 0 Å². The Morgan fingerprint density at radius 2 is 1.53 bits per heavy atom. The fraction of sp³-hybridized carbons (Fsp3) is 0.667. The summed E-state index contributed by atoms with van der Waals surface area (Å²) in [6.45, 7) is 8.35. The summed E-state index contributed by atoms with van der Waals surface area (Å²) >= 11 is 0. The fourth-order valence-electron chi connectivity index (χ4n) is 0.645. The molecular formula is C12H26O5. The summed E-state index contributed by atoms with van der Waals surface area (Å²) in [5.41, 5.74) is 0. The smallest absolute Gasteiger partial charge is 0.151 e. The molecule has 5 heteroatoms. The van der Waals surface area contributed by atoms with E-state index in [1.54, 1.807) is 0 Å². The van der Waals surface area contributed by atoms with Crippen molar-refractivity contribution < 1.29 is 25.2 Å². The zero-order valence-corrected chi connectivity index (χ0v) is 10.6. The Bertz CT molecular complexity index is 129. The number of unbranched alkanes of at least 4 members (excludes halogenated alkanes) is 2. The number of hydrogen-bond acceptors (Lipinski definition) is 5. The van der Waals surface area contributed by atoms with Gasteiger partial charge in [0.05, 0.1) is 25.7 Å². The van der Waals surface area contributed by atoms with Gasteiger partial charge < -0.3 is 25.2 Å². The quantitative estimate of drug-likeness (QED) is 0.309. The van der Waals surface area contributed by atoms with Crippen LogP contribution in [0.1, 0.15) is 32.6 Å². The Hall–Kier alpha value is -0.880. The SMILES string of the molecule is C=COC=C.CCCCCC(O)O.OCCO. The first kappa shape index (κ1) is 21.4. The van der Waals surface area contributed by atoms with Gasteiger partial charge in [-0.1, -0.05) is 32.9 Å². The number of ether oxygens (including phenoxy) is 1. The van der Waals surface area contributed by atoms with Crippen molar-refractivity contribution in [3.8, 4) is 0 Å². The summed E-state index contributed by atoms with van der Waals surface area (Å²) in [6, 6.07) is 0. The molecule has 0 radical (unpaired) electrons. The lowest BCUT2D eigenvalue weighted by Gasteiger charge is -1.99. The molecule has 0 aliphatic heterocycles. The molecule has 0 fully saturated rings. The highest BCUT2D eigenvalue weighted by molar-refractivity contribution is 4.57. The van der Waals surface area contributed by atoms with Crippen molar-refractivity contribution in [1.29, 1.82) is 0 Å². The van der Waals surface area contributed by atoms with E-state index in [1.807, 2.05) is 0 Å². The third-order valence-electron chi connectivity index (χ3n) is 1.36. The summed E-state index contributed by atoms with van der Waals surface area (Å²) in [6.07, 6.45) is 5.20. The highest BCUT2D eigenvalue weighted by Gasteiger charge is 1.93. The molecule has 0 unspecified atom stereocenters. The van der Waals surface area contributed by atoms with Crippen LogP contribution in [0.4, 0.5) is 0 Å². The van der Waals surface area contributed by atoms with Crippen LogP contribution in [0.2, 0.25) is 0 Å². The van der Waals surface area contributed by atoms with Gasteiger partial charge in [0.1, 0.15) is 0 Å². The Kier molecular flexibility index (Phi) is 30.7. The zero-order valence-electron chi connectivity index (χ0n) is 10.6. The van der Waals surface area contributed by atoms with E-state index in [9.17, 15) is 0 Å². The molecule has 0 bridgehead atoms. The van der Waals surface area contributed by atoms with Crippen LogP contribution in [0.5, 0.6) is 0 Å². The predicted molar refractivity (Wildman–Crippen MR) is 68.0 cm³/mol. The monoisotopic (exact) mass is 250 g/mol. The van der Waals surface area contributed by atoms with Crippen molar-refractivity contribution >= 4 is 0 Å². The molecule has 0 saturated heterocycles. The molecule has 4 N–H and O–H groups in total. The van der Waals surface area contributed by atoms with Crippen molar-refractivity contribution in [2.24, 2.45) is 0 Å². The summed E-state index contributed by atoms with van der Waals surface area (Å²) in [7, 11) is 0. The molecule has 0 aromatic heterocycles. The van der Waals surface area contributed by atoms with Crippen molar-refractivity contribution in [1.82, 2.24) is 0 Å². The van der Waals surface area contributed by atoms with E-state index < -0.39 is 6.29 Å². The average Bonchev–Trinajstić information content (AvgIpc) is 2.31. The summed E-state index contributed by atoms with van der Waals surface area (Å²) in [4.78, 5) is 0. The van der Waals surface area contributed by atoms with Crippen LogP contribution >= 0.6 is 0 Å². The minimum absolute atomic E-state index is 0.125. The van der Waals surface area contributed by atoms with Crippen molar-refractivity contribution in [2.45, 2.75) is 38.9 Å². The van der Waals surface area contributed by atoms with Gasteiger partial charge in [-0.25, -0.2) is 0 Å². The van der Waals surface area contributed by atoms with Gasteiger partial charge in [0.2, 0.25) is 0 Å². The molecule has 0 aromatic rings. The third-order valence-corrected chi connectivity index (χ3v) is 1.36. The second kappa shape index (κ2) is 24.4. The second-order valence-corrected chi connectivity index (χ2v) is 2.89. The maximum Gasteiger partial charge on any atom is 0.151 e. The minimum Gasteiger partial charge on any atom is -0.474 e. The molecular weight excluding hydrogens is 224 g/mol. The zero-order chi connectivity index (χ0) is 13.9. The Morgan fingerprint density at radius 3 is 1.71 bits per heavy atom. The van der Waals surface area contributed by atoms with Gasteiger partial charge in [-0.05, 0) is 12.8 Å². The summed E-state index contributed by atoms with van der Waals surface area (Å²) in [5.74, 6) is 0. The molecule has 0 saturated carbocycles. The molecule has 0 aromatic carbocycles. The molecule has 0 aliphatic carbocycles. The van der Waals surface area contributed by atoms with E-state index >= 15 is 0 Å². The van der Waals surface area contributed by atoms with Crippen LogP contribution < -0.4 is 0 Å². The van der Waals surface area contributed by atoms with Gasteiger partial charge in [-0.3, -0.25) is 0 Å². The van der Waals surface area contributed by atoms with E-state index in [1.165, 1.54) is 12.5 Å². The Morgan fingerprint density at radius 1 is 1.06 bits per heavy atom. The van der Waals surface area contributed by atoms with Gasteiger partial charge in [0, 0.05) is 0 Å². The van der Waals surface area contributed by atoms with Crippen molar-refractivity contribution in [3.05, 3.63) is 25.7 Å². The Labute approximate surface area is 104 Å². The van der Waals surface area contributed by atoms with Crippen LogP contribution in [-0.4, -0.2) is 39.9 Å². The summed E-state index contributed by atoms with van der Waals surface area (Å²) < 4.78 is 4.36. The first-order valence-electron chi connectivity index (χ1n) is 5.55. The fourth-order valence-corrected chi connectivity index (χ4v) is 0.645. The molecule has 0 amide bonds. The van der Waals surface area contributed by atoms with Crippen molar-refractivity contribution in [2.75, 3.05) is 13.2 Å². The van der Waals surface area contributed by atoms with Gasteiger partial charge in [0.15, 0.2) is 6.29 Å². The van der Waals surface area contributed by atoms with E-state index in [2.05, 4.69) is 24.8 Å². The molecule has 0 rings (SSSR count). The first-order valence-corrected chi connectivity index (χ1v) is 5.55. The molecule has 0 atom stereocenters. The van der Waals surface area contributed by atoms with Gasteiger partial charge in [-0.15, -0.1) is 0 Å². The lowest BCUT2D eigenvalue weighted by Crippen LogP contribution is -2.02. The number of aliphatic hydroxyl groups is 4. The molecule has 17 heavy (non-hydrogen) atoms. The maximum atomic E-state index is 8.33. The lowest BCUT2D eigenvalue weighted by molar-refractivity contribution is -0.0465. The summed E-state index contributed by atoms with van der Waals surface area (Å²) in [5, 5.41) is 31.9.